The Balaban J connectivity index is 2.00. The maximum atomic E-state index is 12.5. The fraction of sp³-hybridized carbons (Fsp3) is 0.429. The quantitative estimate of drug-likeness (QED) is 0.822. The van der Waals surface area contributed by atoms with Crippen molar-refractivity contribution in [2.24, 2.45) is 0 Å². The van der Waals surface area contributed by atoms with Crippen LogP contribution < -0.4 is 5.73 Å². The molecule has 1 aliphatic heterocycles. The summed E-state index contributed by atoms with van der Waals surface area (Å²) in [5, 5.41) is 0. The normalized spacial score (nSPS) is 15.0. The van der Waals surface area contributed by atoms with Crippen LogP contribution in [-0.4, -0.2) is 54.6 Å². The highest BCUT2D eigenvalue weighted by molar-refractivity contribution is 9.10. The zero-order valence-electron chi connectivity index (χ0n) is 11.8. The van der Waals surface area contributed by atoms with Crippen molar-refractivity contribution in [2.75, 3.05) is 38.5 Å². The van der Waals surface area contributed by atoms with E-state index in [4.69, 9.17) is 10.5 Å². The van der Waals surface area contributed by atoms with Crippen molar-refractivity contribution in [1.29, 1.82) is 0 Å². The molecule has 0 saturated carbocycles. The molecule has 21 heavy (non-hydrogen) atoms. The number of ether oxygens (including phenoxy) is 1. The van der Waals surface area contributed by atoms with Crippen LogP contribution in [-0.2, 0) is 4.74 Å². The summed E-state index contributed by atoms with van der Waals surface area (Å²) in [5.74, 6) is -0.114. The maximum Gasteiger partial charge on any atom is 0.409 e. The summed E-state index contributed by atoms with van der Waals surface area (Å²) < 4.78 is 5.76. The zero-order chi connectivity index (χ0) is 15.4. The summed E-state index contributed by atoms with van der Waals surface area (Å²) in [6.45, 7) is 4.02. The van der Waals surface area contributed by atoms with Crippen molar-refractivity contribution in [3.8, 4) is 0 Å². The molecule has 7 heteroatoms. The molecule has 1 fully saturated rings. The average molecular weight is 356 g/mol. The molecule has 2 amide bonds. The number of nitrogens with two attached hydrogens (primary N) is 1. The van der Waals surface area contributed by atoms with E-state index in [0.29, 0.717) is 44.0 Å². The Morgan fingerprint density at radius 1 is 1.24 bits per heavy atom. The molecule has 6 nitrogen and oxygen atoms in total. The van der Waals surface area contributed by atoms with E-state index in [9.17, 15) is 9.59 Å². The lowest BCUT2D eigenvalue weighted by atomic mass is 10.1. The van der Waals surface area contributed by atoms with Gasteiger partial charge in [-0.3, -0.25) is 4.79 Å². The van der Waals surface area contributed by atoms with Crippen LogP contribution in [0.4, 0.5) is 10.5 Å². The third kappa shape index (κ3) is 3.66. The first-order chi connectivity index (χ1) is 10.0. The van der Waals surface area contributed by atoms with Gasteiger partial charge in [0.05, 0.1) is 12.2 Å². The van der Waals surface area contributed by atoms with E-state index in [-0.39, 0.29) is 12.0 Å². The fourth-order valence-corrected chi connectivity index (χ4v) is 2.55. The van der Waals surface area contributed by atoms with E-state index in [1.54, 1.807) is 34.9 Å². The lowest BCUT2D eigenvalue weighted by Gasteiger charge is -2.34. The second kappa shape index (κ2) is 6.80. The molecule has 0 atom stereocenters. The molecule has 0 aliphatic carbocycles. The number of benzene rings is 1. The minimum absolute atomic E-state index is 0.114. The van der Waals surface area contributed by atoms with Gasteiger partial charge in [0.2, 0.25) is 0 Å². The van der Waals surface area contributed by atoms with Crippen molar-refractivity contribution in [1.82, 2.24) is 9.80 Å². The first kappa shape index (κ1) is 15.6. The number of hydrogen-bond donors (Lipinski definition) is 1. The van der Waals surface area contributed by atoms with Gasteiger partial charge >= 0.3 is 6.09 Å². The van der Waals surface area contributed by atoms with E-state index in [1.165, 1.54) is 0 Å². The lowest BCUT2D eigenvalue weighted by molar-refractivity contribution is 0.0571. The smallest absolute Gasteiger partial charge is 0.409 e. The van der Waals surface area contributed by atoms with Crippen LogP contribution in [0.25, 0.3) is 0 Å². The molecule has 0 unspecified atom stereocenters. The van der Waals surface area contributed by atoms with Crippen molar-refractivity contribution in [3.05, 3.63) is 28.2 Å². The van der Waals surface area contributed by atoms with Crippen LogP contribution in [0.15, 0.2) is 22.7 Å². The van der Waals surface area contributed by atoms with Crippen LogP contribution in [0.5, 0.6) is 0 Å². The van der Waals surface area contributed by atoms with Crippen LogP contribution in [0.1, 0.15) is 17.3 Å². The first-order valence-corrected chi connectivity index (χ1v) is 7.58. The van der Waals surface area contributed by atoms with Gasteiger partial charge in [-0.15, -0.1) is 0 Å². The number of hydrogen-bond acceptors (Lipinski definition) is 4. The number of piperazine rings is 1. The molecule has 2 N–H and O–H groups in total. The lowest BCUT2D eigenvalue weighted by Crippen LogP contribution is -2.50. The zero-order valence-corrected chi connectivity index (χ0v) is 13.4. The summed E-state index contributed by atoms with van der Waals surface area (Å²) in [6, 6.07) is 5.21. The number of anilines is 1. The first-order valence-electron chi connectivity index (χ1n) is 6.79. The van der Waals surface area contributed by atoms with E-state index in [0.717, 1.165) is 4.47 Å². The highest BCUT2D eigenvalue weighted by atomic mass is 79.9. The standard InChI is InChI=1S/C14H18BrN3O3/c1-2-21-14(20)18-7-5-17(6-8-18)13(19)11-9-10(15)3-4-12(11)16/h3-4,9H,2,5-8,16H2,1H3. The van der Waals surface area contributed by atoms with Crippen molar-refractivity contribution in [2.45, 2.75) is 6.92 Å². The van der Waals surface area contributed by atoms with E-state index in [2.05, 4.69) is 15.9 Å². The molecule has 1 aromatic rings. The summed E-state index contributed by atoms with van der Waals surface area (Å²) in [7, 11) is 0. The minimum Gasteiger partial charge on any atom is -0.450 e. The number of rotatable bonds is 2. The molecule has 114 valence electrons. The predicted octanol–water partition coefficient (Wildman–Crippen LogP) is 1.95. The van der Waals surface area contributed by atoms with E-state index in [1.807, 2.05) is 0 Å². The molecule has 0 bridgehead atoms. The number of carbonyl (C=O) groups excluding carboxylic acids is 2. The summed E-state index contributed by atoms with van der Waals surface area (Å²) in [4.78, 5) is 27.4. The van der Waals surface area contributed by atoms with Gasteiger partial charge in [-0.25, -0.2) is 4.79 Å². The van der Waals surface area contributed by atoms with E-state index < -0.39 is 0 Å². The predicted molar refractivity (Wildman–Crippen MR) is 83.1 cm³/mol. The van der Waals surface area contributed by atoms with Crippen LogP contribution in [0.2, 0.25) is 0 Å². The third-order valence-electron chi connectivity index (χ3n) is 3.34. The maximum absolute atomic E-state index is 12.5. The number of nitrogen functional groups attached to an aromatic ring is 1. The molecule has 1 heterocycles. The van der Waals surface area contributed by atoms with Crippen molar-refractivity contribution in [3.63, 3.8) is 0 Å². The van der Waals surface area contributed by atoms with Gasteiger partial charge in [0.15, 0.2) is 0 Å². The Bertz CT molecular complexity index is 542. The number of halogens is 1. The van der Waals surface area contributed by atoms with E-state index >= 15 is 0 Å². The molecule has 1 aromatic carbocycles. The van der Waals surface area contributed by atoms with Gasteiger partial charge in [0, 0.05) is 36.3 Å². The molecule has 0 aromatic heterocycles. The second-order valence-electron chi connectivity index (χ2n) is 4.71. The van der Waals surface area contributed by atoms with Crippen molar-refractivity contribution < 1.29 is 14.3 Å². The Labute approximate surface area is 132 Å². The van der Waals surface area contributed by atoms with Gasteiger partial charge < -0.3 is 20.3 Å². The van der Waals surface area contributed by atoms with Gasteiger partial charge in [0.1, 0.15) is 0 Å². The van der Waals surface area contributed by atoms with Crippen LogP contribution in [0.3, 0.4) is 0 Å². The van der Waals surface area contributed by atoms with Crippen LogP contribution >= 0.6 is 15.9 Å². The molecular weight excluding hydrogens is 338 g/mol. The molecular formula is C14H18BrN3O3. The molecule has 0 radical (unpaired) electrons. The Morgan fingerprint density at radius 2 is 1.86 bits per heavy atom. The third-order valence-corrected chi connectivity index (χ3v) is 3.83. The monoisotopic (exact) mass is 355 g/mol. The Morgan fingerprint density at radius 3 is 2.48 bits per heavy atom. The second-order valence-corrected chi connectivity index (χ2v) is 5.63. The molecule has 1 aliphatic rings. The van der Waals surface area contributed by atoms with Gasteiger partial charge in [-0.2, -0.15) is 0 Å². The Hall–Kier alpha value is -1.76. The topological polar surface area (TPSA) is 75.9 Å². The SMILES string of the molecule is CCOC(=O)N1CCN(C(=O)c2cc(Br)ccc2N)CC1. The van der Waals surface area contributed by atoms with Gasteiger partial charge in [0.25, 0.3) is 5.91 Å². The largest absolute Gasteiger partial charge is 0.450 e. The van der Waals surface area contributed by atoms with Gasteiger partial charge in [-0.1, -0.05) is 15.9 Å². The fourth-order valence-electron chi connectivity index (χ4n) is 2.19. The van der Waals surface area contributed by atoms with Crippen molar-refractivity contribution >= 4 is 33.6 Å². The number of amides is 2. The molecule has 0 spiro atoms. The molecule has 2 rings (SSSR count). The number of carbonyl (C=O) groups is 2. The average Bonchev–Trinajstić information content (AvgIpc) is 2.49. The Kier molecular flexibility index (Phi) is 5.06. The van der Waals surface area contributed by atoms with Gasteiger partial charge in [-0.05, 0) is 25.1 Å². The highest BCUT2D eigenvalue weighted by Gasteiger charge is 2.26. The minimum atomic E-state index is -0.327. The summed E-state index contributed by atoms with van der Waals surface area (Å²) >= 11 is 3.34. The van der Waals surface area contributed by atoms with Crippen LogP contribution in [0, 0.1) is 0 Å². The summed E-state index contributed by atoms with van der Waals surface area (Å²) in [6.07, 6.45) is -0.327. The molecule has 1 saturated heterocycles. The summed E-state index contributed by atoms with van der Waals surface area (Å²) in [5.41, 5.74) is 6.79. The number of nitrogens with zero attached hydrogens (tertiary/aromatic N) is 2. The highest BCUT2D eigenvalue weighted by Crippen LogP contribution is 2.20.